The number of amides is 2. The number of benzene rings is 1. The van der Waals surface area contributed by atoms with Gasteiger partial charge in [-0.25, -0.2) is 14.2 Å². The molecule has 3 N–H and O–H groups in total. The maximum absolute atomic E-state index is 14.6. The van der Waals surface area contributed by atoms with E-state index in [2.05, 4.69) is 27.9 Å². The first-order chi connectivity index (χ1) is 14.8. The van der Waals surface area contributed by atoms with Gasteiger partial charge in [-0.05, 0) is 67.9 Å². The smallest absolute Gasteiger partial charge is 0.319 e. The zero-order valence-corrected chi connectivity index (χ0v) is 18.4. The molecule has 0 atom stereocenters. The fraction of sp³-hybridized carbons (Fsp3) is 0.375. The lowest BCUT2D eigenvalue weighted by molar-refractivity contribution is 0.251. The van der Waals surface area contributed by atoms with Gasteiger partial charge in [-0.2, -0.15) is 0 Å². The van der Waals surface area contributed by atoms with Crippen molar-refractivity contribution in [3.8, 4) is 11.1 Å². The second kappa shape index (κ2) is 8.13. The summed E-state index contributed by atoms with van der Waals surface area (Å²) in [5.41, 5.74) is 4.65. The highest BCUT2D eigenvalue weighted by atomic mass is 19.1. The number of aromatic nitrogens is 2. The van der Waals surface area contributed by atoms with Crippen molar-refractivity contribution in [3.05, 3.63) is 47.5 Å². The van der Waals surface area contributed by atoms with Gasteiger partial charge >= 0.3 is 6.03 Å². The number of nitrogens with zero attached hydrogens (tertiary/aromatic N) is 2. The Morgan fingerprint density at radius 3 is 2.65 bits per heavy atom. The van der Waals surface area contributed by atoms with Gasteiger partial charge in [-0.15, -0.1) is 0 Å². The minimum absolute atomic E-state index is 0.152. The van der Waals surface area contributed by atoms with Crippen molar-refractivity contribution in [3.63, 3.8) is 0 Å². The highest BCUT2D eigenvalue weighted by Crippen LogP contribution is 2.47. The van der Waals surface area contributed by atoms with E-state index < -0.39 is 11.8 Å². The fourth-order valence-corrected chi connectivity index (χ4v) is 3.74. The van der Waals surface area contributed by atoms with E-state index in [1.54, 1.807) is 12.3 Å². The van der Waals surface area contributed by atoms with Gasteiger partial charge in [0.1, 0.15) is 11.6 Å². The van der Waals surface area contributed by atoms with Crippen molar-refractivity contribution in [2.45, 2.75) is 40.0 Å². The van der Waals surface area contributed by atoms with Crippen molar-refractivity contribution >= 4 is 28.4 Å². The van der Waals surface area contributed by atoms with Gasteiger partial charge in [0.15, 0.2) is 0 Å². The number of nitrogens with one attached hydrogen (secondary N) is 3. The van der Waals surface area contributed by atoms with Crippen LogP contribution in [0.5, 0.6) is 0 Å². The van der Waals surface area contributed by atoms with Crippen molar-refractivity contribution in [1.82, 2.24) is 15.3 Å². The molecule has 6 nitrogen and oxygen atoms in total. The maximum atomic E-state index is 14.6. The standard InChI is InChI=1S/C24H28FN5O/c1-14-9-19(25)21(30-23(31)27-8-7-24(3)5-6-24)11-17(14)18-10-16-13-28-22(26-4)12-20(16)29-15(18)2/h9-13H,5-8H2,1-4H3,(H,26,28)(H2,27,30,31). The molecule has 0 unspecified atom stereocenters. The highest BCUT2D eigenvalue weighted by molar-refractivity contribution is 5.92. The van der Waals surface area contributed by atoms with E-state index in [9.17, 15) is 9.18 Å². The summed E-state index contributed by atoms with van der Waals surface area (Å²) >= 11 is 0. The lowest BCUT2D eigenvalue weighted by Crippen LogP contribution is -2.30. The molecule has 1 fully saturated rings. The maximum Gasteiger partial charge on any atom is 0.319 e. The average Bonchev–Trinajstić information content (AvgIpc) is 3.46. The molecule has 3 aromatic rings. The van der Waals surface area contributed by atoms with E-state index in [1.165, 1.54) is 18.9 Å². The summed E-state index contributed by atoms with van der Waals surface area (Å²) in [6.45, 7) is 6.57. The number of aryl methyl sites for hydroxylation is 2. The van der Waals surface area contributed by atoms with Crippen molar-refractivity contribution < 1.29 is 9.18 Å². The van der Waals surface area contributed by atoms with E-state index in [0.717, 1.165) is 45.5 Å². The zero-order valence-electron chi connectivity index (χ0n) is 18.4. The number of pyridine rings is 2. The molecule has 1 aliphatic rings. The molecule has 2 heterocycles. The summed E-state index contributed by atoms with van der Waals surface area (Å²) in [5.74, 6) is 0.288. The molecule has 0 aliphatic heterocycles. The van der Waals surface area contributed by atoms with Gasteiger partial charge in [0, 0.05) is 42.5 Å². The molecular formula is C24H28FN5O. The first kappa shape index (κ1) is 21.0. The molecule has 1 saturated carbocycles. The number of halogens is 1. The third-order valence-corrected chi connectivity index (χ3v) is 6.12. The normalized spacial score (nSPS) is 14.4. The summed E-state index contributed by atoms with van der Waals surface area (Å²) in [6.07, 6.45) is 5.12. The van der Waals surface area contributed by atoms with Crippen LogP contribution in [0.2, 0.25) is 0 Å². The molecular weight excluding hydrogens is 393 g/mol. The highest BCUT2D eigenvalue weighted by Gasteiger charge is 2.36. The first-order valence-corrected chi connectivity index (χ1v) is 10.6. The Hall–Kier alpha value is -3.22. The third kappa shape index (κ3) is 4.60. The molecule has 2 aromatic heterocycles. The van der Waals surface area contributed by atoms with Crippen LogP contribution in [-0.4, -0.2) is 29.6 Å². The van der Waals surface area contributed by atoms with Crippen LogP contribution in [0.25, 0.3) is 22.0 Å². The molecule has 0 bridgehead atoms. The number of carbonyl (C=O) groups excluding carboxylic acids is 1. The Morgan fingerprint density at radius 2 is 1.94 bits per heavy atom. The van der Waals surface area contributed by atoms with Crippen LogP contribution in [0.4, 0.5) is 20.7 Å². The van der Waals surface area contributed by atoms with Gasteiger partial charge in [-0.1, -0.05) is 6.92 Å². The van der Waals surface area contributed by atoms with Crippen LogP contribution in [0.1, 0.15) is 37.4 Å². The lowest BCUT2D eigenvalue weighted by atomic mass is 9.97. The van der Waals surface area contributed by atoms with Gasteiger partial charge in [0.2, 0.25) is 0 Å². The summed E-state index contributed by atoms with van der Waals surface area (Å²) in [4.78, 5) is 21.4. The minimum Gasteiger partial charge on any atom is -0.373 e. The molecule has 0 spiro atoms. The van der Waals surface area contributed by atoms with E-state index in [0.29, 0.717) is 12.0 Å². The molecule has 7 heteroatoms. The number of hydrogen-bond donors (Lipinski definition) is 3. The van der Waals surface area contributed by atoms with Gasteiger partial charge in [-0.3, -0.25) is 4.98 Å². The van der Waals surface area contributed by atoms with E-state index in [4.69, 9.17) is 4.98 Å². The summed E-state index contributed by atoms with van der Waals surface area (Å²) in [5, 5.41) is 9.40. The van der Waals surface area contributed by atoms with Crippen molar-refractivity contribution in [1.29, 1.82) is 0 Å². The molecule has 0 saturated heterocycles. The predicted molar refractivity (Wildman–Crippen MR) is 123 cm³/mol. The number of hydrogen-bond acceptors (Lipinski definition) is 4. The largest absolute Gasteiger partial charge is 0.373 e. The number of urea groups is 1. The number of anilines is 2. The van der Waals surface area contributed by atoms with Gasteiger partial charge in [0.05, 0.1) is 11.2 Å². The third-order valence-electron chi connectivity index (χ3n) is 6.12. The molecule has 1 aliphatic carbocycles. The molecule has 1 aromatic carbocycles. The Labute approximate surface area is 181 Å². The topological polar surface area (TPSA) is 78.9 Å². The van der Waals surface area contributed by atoms with Crippen LogP contribution < -0.4 is 16.0 Å². The van der Waals surface area contributed by atoms with Crippen LogP contribution in [-0.2, 0) is 0 Å². The Morgan fingerprint density at radius 1 is 1.16 bits per heavy atom. The average molecular weight is 422 g/mol. The van der Waals surface area contributed by atoms with Crippen molar-refractivity contribution in [2.75, 3.05) is 24.2 Å². The predicted octanol–water partition coefficient (Wildman–Crippen LogP) is 5.41. The molecule has 162 valence electrons. The Bertz CT molecular complexity index is 1160. The van der Waals surface area contributed by atoms with E-state index in [1.807, 2.05) is 33.0 Å². The first-order valence-electron chi connectivity index (χ1n) is 10.6. The van der Waals surface area contributed by atoms with E-state index in [-0.39, 0.29) is 5.69 Å². The molecule has 2 amide bonds. The summed E-state index contributed by atoms with van der Waals surface area (Å²) in [7, 11) is 1.81. The zero-order chi connectivity index (χ0) is 22.2. The number of fused-ring (bicyclic) bond motifs is 1. The van der Waals surface area contributed by atoms with Crippen LogP contribution in [0.15, 0.2) is 30.5 Å². The molecule has 31 heavy (non-hydrogen) atoms. The van der Waals surface area contributed by atoms with Gasteiger partial charge < -0.3 is 16.0 Å². The fourth-order valence-electron chi connectivity index (χ4n) is 3.74. The number of carbonyl (C=O) groups is 1. The quantitative estimate of drug-likeness (QED) is 0.497. The van der Waals surface area contributed by atoms with Gasteiger partial charge in [0.25, 0.3) is 0 Å². The van der Waals surface area contributed by atoms with Crippen LogP contribution >= 0.6 is 0 Å². The monoisotopic (exact) mass is 421 g/mol. The van der Waals surface area contributed by atoms with E-state index >= 15 is 0 Å². The van der Waals surface area contributed by atoms with Crippen LogP contribution in [0.3, 0.4) is 0 Å². The second-order valence-electron chi connectivity index (χ2n) is 8.72. The van der Waals surface area contributed by atoms with Crippen LogP contribution in [0, 0.1) is 25.1 Å². The Balaban J connectivity index is 1.59. The second-order valence-corrected chi connectivity index (χ2v) is 8.72. The molecule has 4 rings (SSSR count). The molecule has 0 radical (unpaired) electrons. The lowest BCUT2D eigenvalue weighted by Gasteiger charge is -2.15. The van der Waals surface area contributed by atoms with Crippen molar-refractivity contribution in [2.24, 2.45) is 5.41 Å². The summed E-state index contributed by atoms with van der Waals surface area (Å²) in [6, 6.07) is 6.63. The minimum atomic E-state index is -0.461. The Kier molecular flexibility index (Phi) is 5.52. The SMILES string of the molecule is CNc1cc2nc(C)c(-c3cc(NC(=O)NCCC4(C)CC4)c(F)cc3C)cc2cn1. The summed E-state index contributed by atoms with van der Waals surface area (Å²) < 4.78 is 14.6. The number of rotatable bonds is 6.